The van der Waals surface area contributed by atoms with E-state index in [9.17, 15) is 0 Å². The molecule has 0 heterocycles. The number of aryl methyl sites for hydroxylation is 1. The summed E-state index contributed by atoms with van der Waals surface area (Å²) < 4.78 is 0.642. The summed E-state index contributed by atoms with van der Waals surface area (Å²) in [6.45, 7) is 4.53. The van der Waals surface area contributed by atoms with Gasteiger partial charge in [0.05, 0.1) is 0 Å². The van der Waals surface area contributed by atoms with E-state index < -0.39 is 0 Å². The second-order valence-corrected chi connectivity index (χ2v) is 6.25. The van der Waals surface area contributed by atoms with Crippen molar-refractivity contribution in [2.75, 3.05) is 0 Å². The number of hydrogen-bond donors (Lipinski definition) is 0. The molecule has 0 fully saturated rings. The van der Waals surface area contributed by atoms with E-state index >= 15 is 0 Å². The molecule has 0 N–H and O–H groups in total. The Morgan fingerprint density at radius 3 is 2.71 bits per heavy atom. The van der Waals surface area contributed by atoms with Crippen molar-refractivity contribution in [2.45, 2.75) is 23.9 Å². The Hall–Kier alpha value is -0.677. The molecule has 0 aliphatic heterocycles. The molecular formula is C16H15Zr. The van der Waals surface area contributed by atoms with Crippen molar-refractivity contribution in [2.24, 2.45) is 0 Å². The zero-order chi connectivity index (χ0) is 12.0. The third kappa shape index (κ3) is 1.67. The molecule has 83 valence electrons. The van der Waals surface area contributed by atoms with Crippen molar-refractivity contribution in [3.63, 3.8) is 0 Å². The average molecular weight is 299 g/mol. The number of rotatable bonds is 1. The van der Waals surface area contributed by atoms with Gasteiger partial charge < -0.3 is 0 Å². The summed E-state index contributed by atoms with van der Waals surface area (Å²) in [7, 11) is 0. The van der Waals surface area contributed by atoms with E-state index in [-0.39, 0.29) is 0 Å². The fraction of sp³-hybridized carbons (Fsp3) is 0.250. The van der Waals surface area contributed by atoms with E-state index in [4.69, 9.17) is 0 Å². The van der Waals surface area contributed by atoms with Crippen molar-refractivity contribution in [1.82, 2.24) is 0 Å². The molecule has 0 amide bonds. The van der Waals surface area contributed by atoms with Gasteiger partial charge in [-0.15, -0.1) is 0 Å². The molecule has 0 bridgehead atoms. The van der Waals surface area contributed by atoms with E-state index in [1.54, 1.807) is 35.9 Å². The van der Waals surface area contributed by atoms with Crippen molar-refractivity contribution in [1.29, 1.82) is 0 Å². The summed E-state index contributed by atoms with van der Waals surface area (Å²) in [5, 5.41) is 0. The Balaban J connectivity index is 2.17. The number of fused-ring (bicyclic) bond motifs is 1. The van der Waals surface area contributed by atoms with Gasteiger partial charge in [0, 0.05) is 0 Å². The van der Waals surface area contributed by atoms with Crippen LogP contribution in [0, 0.1) is 6.92 Å². The van der Waals surface area contributed by atoms with E-state index in [1.165, 1.54) is 22.3 Å². The number of benzene rings is 1. The Labute approximate surface area is 118 Å². The summed E-state index contributed by atoms with van der Waals surface area (Å²) >= 11 is 1.60. The van der Waals surface area contributed by atoms with E-state index in [1.807, 2.05) is 0 Å². The number of hydrogen-bond acceptors (Lipinski definition) is 0. The van der Waals surface area contributed by atoms with Gasteiger partial charge in [0.15, 0.2) is 0 Å². The van der Waals surface area contributed by atoms with Crippen molar-refractivity contribution in [3.8, 4) is 0 Å². The standard InChI is InChI=1S/C16H15.Zr/c1-11-6-5-9-14-10-15(12(2)16(11)14)13-7-3-4-8-13;/h3-7,9-10H,8H2,1-2H3;. The monoisotopic (exact) mass is 297 g/mol. The minimum absolute atomic E-state index is 0.642. The maximum absolute atomic E-state index is 2.31. The zero-order valence-corrected chi connectivity index (χ0v) is 12.7. The van der Waals surface area contributed by atoms with Crippen LogP contribution in [-0.4, -0.2) is 0 Å². The fourth-order valence-electron chi connectivity index (χ4n) is 3.02. The Kier molecular flexibility index (Phi) is 2.83. The molecule has 1 aromatic carbocycles. The second-order valence-electron chi connectivity index (χ2n) is 4.84. The quantitative estimate of drug-likeness (QED) is 0.727. The SMILES string of the molecule is CC1=C(C2=CC=CC2)[CH]([Zr])c2cccc(C)c21. The first-order chi connectivity index (χ1) is 8.20. The first-order valence-electron chi connectivity index (χ1n) is 6.08. The van der Waals surface area contributed by atoms with Crippen LogP contribution in [0.3, 0.4) is 0 Å². The van der Waals surface area contributed by atoms with Gasteiger partial charge >= 0.3 is 118 Å². The molecule has 0 aromatic heterocycles. The molecule has 2 aliphatic carbocycles. The van der Waals surface area contributed by atoms with Crippen LogP contribution in [0.5, 0.6) is 0 Å². The molecule has 17 heavy (non-hydrogen) atoms. The maximum atomic E-state index is 2.31. The van der Waals surface area contributed by atoms with Crippen LogP contribution in [0.15, 0.2) is 47.6 Å². The van der Waals surface area contributed by atoms with Crippen molar-refractivity contribution in [3.05, 3.63) is 64.3 Å². The van der Waals surface area contributed by atoms with Gasteiger partial charge in [-0.1, -0.05) is 0 Å². The van der Waals surface area contributed by atoms with Gasteiger partial charge in [0.2, 0.25) is 0 Å². The number of allylic oxidation sites excluding steroid dienone is 6. The third-order valence-corrected chi connectivity index (χ3v) is 5.27. The van der Waals surface area contributed by atoms with Gasteiger partial charge in [0.1, 0.15) is 0 Å². The predicted octanol–water partition coefficient (Wildman–Crippen LogP) is 4.26. The summed E-state index contributed by atoms with van der Waals surface area (Å²) in [6.07, 6.45) is 7.85. The molecular weight excluding hydrogens is 283 g/mol. The first-order valence-corrected chi connectivity index (χ1v) is 7.50. The molecule has 2 aliphatic rings. The molecule has 0 saturated heterocycles. The van der Waals surface area contributed by atoms with Crippen LogP contribution >= 0.6 is 0 Å². The van der Waals surface area contributed by atoms with E-state index in [0.29, 0.717) is 3.63 Å². The third-order valence-electron chi connectivity index (χ3n) is 3.80. The molecule has 1 unspecified atom stereocenters. The van der Waals surface area contributed by atoms with Gasteiger partial charge in [-0.2, -0.15) is 0 Å². The molecule has 0 saturated carbocycles. The Bertz CT molecular complexity index is 573. The molecule has 0 nitrogen and oxygen atoms in total. The van der Waals surface area contributed by atoms with Crippen molar-refractivity contribution < 1.29 is 24.7 Å². The van der Waals surface area contributed by atoms with Crippen LogP contribution in [0.4, 0.5) is 0 Å². The molecule has 0 radical (unpaired) electrons. The molecule has 3 rings (SSSR count). The predicted molar refractivity (Wildman–Crippen MR) is 68.4 cm³/mol. The topological polar surface area (TPSA) is 0 Å². The van der Waals surface area contributed by atoms with Gasteiger partial charge in [-0.3, -0.25) is 0 Å². The van der Waals surface area contributed by atoms with Crippen LogP contribution in [0.1, 0.15) is 33.7 Å². The molecule has 1 heteroatoms. The normalized spacial score (nSPS) is 21.9. The summed E-state index contributed by atoms with van der Waals surface area (Å²) in [6, 6.07) is 6.74. The van der Waals surface area contributed by atoms with Crippen molar-refractivity contribution >= 4 is 5.57 Å². The average Bonchev–Trinajstić information content (AvgIpc) is 2.88. The van der Waals surface area contributed by atoms with Crippen LogP contribution in [0.2, 0.25) is 0 Å². The first kappa shape index (κ1) is 11.4. The summed E-state index contributed by atoms with van der Waals surface area (Å²) in [5.41, 5.74) is 9.11. The second kappa shape index (κ2) is 4.21. The molecule has 1 atom stereocenters. The van der Waals surface area contributed by atoms with Gasteiger partial charge in [-0.25, -0.2) is 0 Å². The summed E-state index contributed by atoms with van der Waals surface area (Å²) in [5.74, 6) is 0. The molecule has 1 aromatic rings. The van der Waals surface area contributed by atoms with E-state index in [0.717, 1.165) is 6.42 Å². The minimum atomic E-state index is 0.642. The van der Waals surface area contributed by atoms with Crippen LogP contribution in [-0.2, 0) is 24.7 Å². The van der Waals surface area contributed by atoms with Gasteiger partial charge in [-0.05, 0) is 0 Å². The zero-order valence-electron chi connectivity index (χ0n) is 10.2. The fourth-order valence-corrected chi connectivity index (χ4v) is 4.60. The van der Waals surface area contributed by atoms with Crippen LogP contribution < -0.4 is 0 Å². The molecule has 0 spiro atoms. The van der Waals surface area contributed by atoms with E-state index in [2.05, 4.69) is 50.3 Å². The van der Waals surface area contributed by atoms with Crippen LogP contribution in [0.25, 0.3) is 5.57 Å². The summed E-state index contributed by atoms with van der Waals surface area (Å²) in [4.78, 5) is 0. The van der Waals surface area contributed by atoms with Gasteiger partial charge in [0.25, 0.3) is 0 Å². The Morgan fingerprint density at radius 1 is 1.24 bits per heavy atom. The Morgan fingerprint density at radius 2 is 2.06 bits per heavy atom.